The first-order valence-electron chi connectivity index (χ1n) is 6.08. The Kier molecular flexibility index (Phi) is 4.84. The number of nitrogens with zero attached hydrogens (tertiary/aromatic N) is 3. The molecule has 3 aromatic rings. The quantitative estimate of drug-likeness (QED) is 0.707. The Labute approximate surface area is 134 Å². The first kappa shape index (κ1) is 16.1. The van der Waals surface area contributed by atoms with Crippen LogP contribution in [0.5, 0.6) is 5.75 Å². The van der Waals surface area contributed by atoms with Crippen LogP contribution in [0.25, 0.3) is 16.7 Å². The van der Waals surface area contributed by atoms with Gasteiger partial charge in [0.25, 0.3) is 0 Å². The van der Waals surface area contributed by atoms with Crippen molar-refractivity contribution in [2.75, 3.05) is 11.8 Å². The zero-order valence-electron chi connectivity index (χ0n) is 11.5. The molecule has 0 spiro atoms. The molecule has 1 heterocycles. The first-order chi connectivity index (χ1) is 10.2. The molecule has 0 fully saturated rings. The molecule has 9 heteroatoms. The van der Waals surface area contributed by atoms with Crippen molar-refractivity contribution < 1.29 is 13.2 Å². The van der Waals surface area contributed by atoms with Gasteiger partial charge in [0.05, 0.1) is 18.3 Å². The maximum absolute atomic E-state index is 10.6. The molecule has 2 aromatic carbocycles. The Morgan fingerprint density at radius 1 is 1.14 bits per heavy atom. The SMILES string of the molecule is COc1ccc2c(c1)nnn2-c1ccc(N[SH](=O)=O)cc1.Cl. The zero-order valence-corrected chi connectivity index (χ0v) is 13.2. The second-order valence-corrected chi connectivity index (χ2v) is 5.01. The molecule has 22 heavy (non-hydrogen) atoms. The van der Waals surface area contributed by atoms with E-state index in [1.807, 2.05) is 12.1 Å². The van der Waals surface area contributed by atoms with E-state index >= 15 is 0 Å². The van der Waals surface area contributed by atoms with E-state index in [9.17, 15) is 8.42 Å². The van der Waals surface area contributed by atoms with Crippen LogP contribution >= 0.6 is 12.4 Å². The fourth-order valence-electron chi connectivity index (χ4n) is 2.00. The number of ether oxygens (including phenoxy) is 1. The van der Waals surface area contributed by atoms with Gasteiger partial charge in [0.2, 0.25) is 10.9 Å². The van der Waals surface area contributed by atoms with Crippen LogP contribution in [0.2, 0.25) is 0 Å². The van der Waals surface area contributed by atoms with Crippen molar-refractivity contribution in [3.63, 3.8) is 0 Å². The average molecular weight is 341 g/mol. The molecule has 0 unspecified atom stereocenters. The van der Waals surface area contributed by atoms with E-state index < -0.39 is 10.9 Å². The van der Waals surface area contributed by atoms with Gasteiger partial charge in [-0.25, -0.2) is 13.1 Å². The lowest BCUT2D eigenvalue weighted by molar-refractivity contribution is 0.415. The Balaban J connectivity index is 0.00000176. The van der Waals surface area contributed by atoms with Gasteiger partial charge in [0.15, 0.2) is 0 Å². The van der Waals surface area contributed by atoms with E-state index in [2.05, 4.69) is 15.0 Å². The van der Waals surface area contributed by atoms with Crippen molar-refractivity contribution >= 4 is 40.0 Å². The second-order valence-electron chi connectivity index (χ2n) is 4.27. The molecule has 1 N–H and O–H groups in total. The molecule has 0 saturated carbocycles. The maximum Gasteiger partial charge on any atom is 0.222 e. The van der Waals surface area contributed by atoms with Gasteiger partial charge in [0.1, 0.15) is 11.3 Å². The number of hydrogen-bond donors (Lipinski definition) is 2. The summed E-state index contributed by atoms with van der Waals surface area (Å²) in [7, 11) is -1.07. The van der Waals surface area contributed by atoms with Crippen LogP contribution in [0.4, 0.5) is 5.69 Å². The zero-order chi connectivity index (χ0) is 14.8. The lowest BCUT2D eigenvalue weighted by Crippen LogP contribution is -1.98. The largest absolute Gasteiger partial charge is 0.497 e. The predicted octanol–water partition coefficient (Wildman–Crippen LogP) is 1.79. The fourth-order valence-corrected chi connectivity index (χ4v) is 2.36. The van der Waals surface area contributed by atoms with E-state index in [0.29, 0.717) is 11.4 Å². The van der Waals surface area contributed by atoms with Gasteiger partial charge in [-0.15, -0.1) is 17.5 Å². The van der Waals surface area contributed by atoms with Crippen LogP contribution in [-0.2, 0) is 10.9 Å². The third-order valence-corrected chi connectivity index (χ3v) is 3.43. The van der Waals surface area contributed by atoms with Crippen LogP contribution in [0, 0.1) is 0 Å². The molecular formula is C13H13ClN4O3S. The summed E-state index contributed by atoms with van der Waals surface area (Å²) < 4.78 is 30.4. The molecule has 7 nitrogen and oxygen atoms in total. The Morgan fingerprint density at radius 3 is 2.50 bits per heavy atom. The Hall–Kier alpha value is -2.32. The van der Waals surface area contributed by atoms with Crippen molar-refractivity contribution in [3.05, 3.63) is 42.5 Å². The molecule has 0 amide bonds. The highest BCUT2D eigenvalue weighted by molar-refractivity contribution is 7.73. The predicted molar refractivity (Wildman–Crippen MR) is 86.6 cm³/mol. The third-order valence-electron chi connectivity index (χ3n) is 2.98. The molecule has 3 rings (SSSR count). The number of aromatic nitrogens is 3. The van der Waals surface area contributed by atoms with Crippen molar-refractivity contribution in [3.8, 4) is 11.4 Å². The van der Waals surface area contributed by atoms with Crippen molar-refractivity contribution in [1.82, 2.24) is 15.0 Å². The standard InChI is InChI=1S/C13H12N4O3S.ClH/c1-20-11-6-7-13-12(8-11)14-16-17(13)10-4-2-9(3-5-10)15-21(18)19;/h2-8,21H,1H3,(H,15,18,19);1H. The van der Waals surface area contributed by atoms with Gasteiger partial charge in [-0.3, -0.25) is 4.72 Å². The number of hydrogen-bond acceptors (Lipinski definition) is 5. The van der Waals surface area contributed by atoms with E-state index in [4.69, 9.17) is 4.74 Å². The summed E-state index contributed by atoms with van der Waals surface area (Å²) in [6, 6.07) is 12.4. The number of anilines is 1. The van der Waals surface area contributed by atoms with E-state index in [-0.39, 0.29) is 12.4 Å². The van der Waals surface area contributed by atoms with Crippen molar-refractivity contribution in [2.24, 2.45) is 0 Å². The summed E-state index contributed by atoms with van der Waals surface area (Å²) in [6.45, 7) is 0. The highest BCUT2D eigenvalue weighted by Crippen LogP contribution is 2.22. The Morgan fingerprint density at radius 2 is 1.86 bits per heavy atom. The van der Waals surface area contributed by atoms with Crippen molar-refractivity contribution in [1.29, 1.82) is 0 Å². The van der Waals surface area contributed by atoms with Gasteiger partial charge < -0.3 is 4.74 Å². The summed E-state index contributed by atoms with van der Waals surface area (Å²) in [5, 5.41) is 8.20. The highest BCUT2D eigenvalue weighted by atomic mass is 35.5. The molecule has 0 radical (unpaired) electrons. The summed E-state index contributed by atoms with van der Waals surface area (Å²) in [5.41, 5.74) is 2.85. The minimum atomic E-state index is -2.66. The third kappa shape index (κ3) is 3.12. The minimum Gasteiger partial charge on any atom is -0.497 e. The van der Waals surface area contributed by atoms with Gasteiger partial charge in [-0.05, 0) is 36.4 Å². The molecule has 0 aliphatic carbocycles. The summed E-state index contributed by atoms with van der Waals surface area (Å²) >= 11 is 0. The minimum absolute atomic E-state index is 0. The number of fused-ring (bicyclic) bond motifs is 1. The smallest absolute Gasteiger partial charge is 0.222 e. The van der Waals surface area contributed by atoms with E-state index in [1.54, 1.807) is 42.1 Å². The lowest BCUT2D eigenvalue weighted by atomic mass is 10.2. The highest BCUT2D eigenvalue weighted by Gasteiger charge is 2.07. The van der Waals surface area contributed by atoms with Crippen LogP contribution in [-0.4, -0.2) is 30.5 Å². The van der Waals surface area contributed by atoms with Gasteiger partial charge >= 0.3 is 0 Å². The molecule has 0 saturated heterocycles. The molecule has 0 aliphatic rings. The number of rotatable bonds is 4. The monoisotopic (exact) mass is 340 g/mol. The topological polar surface area (TPSA) is 86.1 Å². The molecular weight excluding hydrogens is 328 g/mol. The van der Waals surface area contributed by atoms with Gasteiger partial charge in [-0.2, -0.15) is 0 Å². The summed E-state index contributed by atoms with van der Waals surface area (Å²) in [6.07, 6.45) is 0. The lowest BCUT2D eigenvalue weighted by Gasteiger charge is -2.04. The second kappa shape index (κ2) is 6.63. The summed E-state index contributed by atoms with van der Waals surface area (Å²) in [5.74, 6) is 0.716. The molecule has 1 aromatic heterocycles. The molecule has 116 valence electrons. The van der Waals surface area contributed by atoms with Gasteiger partial charge in [0, 0.05) is 11.8 Å². The normalized spacial score (nSPS) is 10.5. The van der Waals surface area contributed by atoms with E-state index in [1.165, 1.54) is 0 Å². The number of nitrogens with one attached hydrogen (secondary N) is 1. The summed E-state index contributed by atoms with van der Waals surface area (Å²) in [4.78, 5) is 0. The maximum atomic E-state index is 10.6. The fraction of sp³-hybridized carbons (Fsp3) is 0.0769. The number of benzene rings is 2. The van der Waals surface area contributed by atoms with Gasteiger partial charge in [-0.1, -0.05) is 5.21 Å². The molecule has 0 atom stereocenters. The van der Waals surface area contributed by atoms with Crippen LogP contribution in [0.1, 0.15) is 0 Å². The average Bonchev–Trinajstić information content (AvgIpc) is 2.90. The van der Waals surface area contributed by atoms with Crippen LogP contribution in [0.15, 0.2) is 42.5 Å². The first-order valence-corrected chi connectivity index (χ1v) is 7.26. The molecule has 0 aliphatic heterocycles. The number of methoxy groups -OCH3 is 1. The number of thiol groups is 1. The Bertz CT molecular complexity index is 853. The van der Waals surface area contributed by atoms with E-state index in [0.717, 1.165) is 16.7 Å². The van der Waals surface area contributed by atoms with Crippen LogP contribution in [0.3, 0.4) is 0 Å². The van der Waals surface area contributed by atoms with Crippen LogP contribution < -0.4 is 9.46 Å². The van der Waals surface area contributed by atoms with Crippen molar-refractivity contribution in [2.45, 2.75) is 0 Å². The number of halogens is 1. The molecule has 0 bridgehead atoms.